The Balaban J connectivity index is 2.09. The predicted molar refractivity (Wildman–Crippen MR) is 70.8 cm³/mol. The highest BCUT2D eigenvalue weighted by Crippen LogP contribution is 2.42. The Morgan fingerprint density at radius 3 is 2.63 bits per heavy atom. The molecule has 2 aliphatic rings. The maximum atomic E-state index is 12.4. The molecular formula is C13H22O5S. The zero-order valence-electron chi connectivity index (χ0n) is 11.3. The first kappa shape index (κ1) is 14.8. The number of carboxylic acid groups (broad SMARTS) is 1. The molecule has 1 spiro atoms. The maximum absolute atomic E-state index is 12.4. The third kappa shape index (κ3) is 3.11. The lowest BCUT2D eigenvalue weighted by atomic mass is 9.92. The minimum atomic E-state index is -3.38. The minimum Gasteiger partial charge on any atom is -0.481 e. The number of rotatable bonds is 4. The molecule has 0 radical (unpaired) electrons. The second kappa shape index (κ2) is 5.40. The van der Waals surface area contributed by atoms with Crippen molar-refractivity contribution in [1.29, 1.82) is 0 Å². The van der Waals surface area contributed by atoms with Gasteiger partial charge in [-0.3, -0.25) is 4.79 Å². The van der Waals surface area contributed by atoms with E-state index in [1.54, 1.807) is 0 Å². The number of sulfone groups is 1. The van der Waals surface area contributed by atoms with E-state index in [0.29, 0.717) is 19.4 Å². The van der Waals surface area contributed by atoms with Crippen LogP contribution in [0.1, 0.15) is 51.9 Å². The van der Waals surface area contributed by atoms with Crippen molar-refractivity contribution in [2.75, 3.05) is 6.61 Å². The molecule has 110 valence electrons. The highest BCUT2D eigenvalue weighted by Gasteiger charge is 2.45. The summed E-state index contributed by atoms with van der Waals surface area (Å²) < 4.78 is 30.7. The zero-order valence-corrected chi connectivity index (χ0v) is 12.1. The molecule has 0 aromatic carbocycles. The first-order chi connectivity index (χ1) is 8.86. The molecule has 5 nitrogen and oxygen atoms in total. The van der Waals surface area contributed by atoms with E-state index >= 15 is 0 Å². The summed E-state index contributed by atoms with van der Waals surface area (Å²) in [6, 6.07) is 0. The standard InChI is InChI=1S/C13H22O5S/c1-10(8-12(14)15)19(16,17)11-4-7-18-13(9-11)5-2-3-6-13/h10-11H,2-9H2,1H3,(H,14,15). The van der Waals surface area contributed by atoms with Crippen molar-refractivity contribution in [2.24, 2.45) is 0 Å². The number of hydrogen-bond donors (Lipinski definition) is 1. The van der Waals surface area contributed by atoms with Gasteiger partial charge in [-0.05, 0) is 32.6 Å². The maximum Gasteiger partial charge on any atom is 0.304 e. The Morgan fingerprint density at radius 1 is 1.42 bits per heavy atom. The third-order valence-corrected chi connectivity index (χ3v) is 7.07. The van der Waals surface area contributed by atoms with Crippen molar-refractivity contribution in [3.05, 3.63) is 0 Å². The van der Waals surface area contributed by atoms with Gasteiger partial charge in [0.1, 0.15) is 0 Å². The van der Waals surface area contributed by atoms with Gasteiger partial charge in [-0.15, -0.1) is 0 Å². The van der Waals surface area contributed by atoms with Gasteiger partial charge in [0.25, 0.3) is 0 Å². The van der Waals surface area contributed by atoms with Gasteiger partial charge in [0.15, 0.2) is 9.84 Å². The van der Waals surface area contributed by atoms with Crippen LogP contribution in [0.2, 0.25) is 0 Å². The van der Waals surface area contributed by atoms with Gasteiger partial charge in [-0.25, -0.2) is 8.42 Å². The van der Waals surface area contributed by atoms with Crippen molar-refractivity contribution in [3.63, 3.8) is 0 Å². The Kier molecular flexibility index (Phi) is 4.20. The van der Waals surface area contributed by atoms with Crippen molar-refractivity contribution < 1.29 is 23.1 Å². The van der Waals surface area contributed by atoms with Gasteiger partial charge in [-0.2, -0.15) is 0 Å². The quantitative estimate of drug-likeness (QED) is 0.853. The van der Waals surface area contributed by atoms with Gasteiger partial charge < -0.3 is 9.84 Å². The van der Waals surface area contributed by atoms with E-state index in [4.69, 9.17) is 9.84 Å². The van der Waals surface area contributed by atoms with Crippen LogP contribution in [0.4, 0.5) is 0 Å². The molecule has 1 N–H and O–H groups in total. The number of aliphatic carboxylic acids is 1. The fourth-order valence-electron chi connectivity index (χ4n) is 3.32. The number of ether oxygens (including phenoxy) is 1. The summed E-state index contributed by atoms with van der Waals surface area (Å²) >= 11 is 0. The molecule has 19 heavy (non-hydrogen) atoms. The number of carbonyl (C=O) groups is 1. The van der Waals surface area contributed by atoms with Gasteiger partial charge in [0.2, 0.25) is 0 Å². The lowest BCUT2D eigenvalue weighted by molar-refractivity contribution is -0.136. The molecule has 6 heteroatoms. The van der Waals surface area contributed by atoms with Crippen LogP contribution in [0.25, 0.3) is 0 Å². The van der Waals surface area contributed by atoms with E-state index in [9.17, 15) is 13.2 Å². The average molecular weight is 290 g/mol. The SMILES string of the molecule is CC(CC(=O)O)S(=O)(=O)C1CCOC2(CCCC2)C1. The summed E-state index contributed by atoms with van der Waals surface area (Å²) in [4.78, 5) is 10.7. The monoisotopic (exact) mass is 290 g/mol. The van der Waals surface area contributed by atoms with Crippen LogP contribution in [-0.2, 0) is 19.4 Å². The van der Waals surface area contributed by atoms with Crippen LogP contribution in [0.15, 0.2) is 0 Å². The molecule has 1 aliphatic heterocycles. The molecule has 2 unspecified atom stereocenters. The topological polar surface area (TPSA) is 80.7 Å². The molecule has 0 aromatic rings. The van der Waals surface area contributed by atoms with Crippen LogP contribution in [-0.4, -0.2) is 42.2 Å². The first-order valence-corrected chi connectivity index (χ1v) is 8.55. The highest BCUT2D eigenvalue weighted by atomic mass is 32.2. The smallest absolute Gasteiger partial charge is 0.304 e. The predicted octanol–water partition coefficient (Wildman–Crippen LogP) is 1.76. The van der Waals surface area contributed by atoms with E-state index in [1.165, 1.54) is 6.92 Å². The number of hydrogen-bond acceptors (Lipinski definition) is 4. The molecule has 2 atom stereocenters. The Bertz CT molecular complexity index is 436. The summed E-state index contributed by atoms with van der Waals surface area (Å²) in [7, 11) is -3.38. The zero-order chi connectivity index (χ0) is 14.1. The summed E-state index contributed by atoms with van der Waals surface area (Å²) in [5.74, 6) is -1.06. The van der Waals surface area contributed by atoms with Gasteiger partial charge in [0, 0.05) is 6.61 Å². The van der Waals surface area contributed by atoms with Crippen LogP contribution in [0, 0.1) is 0 Å². The van der Waals surface area contributed by atoms with E-state index in [0.717, 1.165) is 25.7 Å². The van der Waals surface area contributed by atoms with Crippen LogP contribution in [0.5, 0.6) is 0 Å². The van der Waals surface area contributed by atoms with Crippen molar-refractivity contribution >= 4 is 15.8 Å². The fraction of sp³-hybridized carbons (Fsp3) is 0.923. The fourth-order valence-corrected chi connectivity index (χ4v) is 5.31. The van der Waals surface area contributed by atoms with E-state index in [-0.39, 0.29) is 12.0 Å². The molecular weight excluding hydrogens is 268 g/mol. The summed E-state index contributed by atoms with van der Waals surface area (Å²) in [6.45, 7) is 1.98. The lowest BCUT2D eigenvalue weighted by Crippen LogP contribution is -2.45. The second-order valence-electron chi connectivity index (χ2n) is 5.85. The van der Waals surface area contributed by atoms with Gasteiger partial charge in [0.05, 0.1) is 22.5 Å². The van der Waals surface area contributed by atoms with E-state index in [2.05, 4.69) is 0 Å². The lowest BCUT2D eigenvalue weighted by Gasteiger charge is -2.38. The highest BCUT2D eigenvalue weighted by molar-refractivity contribution is 7.92. The summed E-state index contributed by atoms with van der Waals surface area (Å²) in [5.41, 5.74) is -0.251. The average Bonchev–Trinajstić information content (AvgIpc) is 2.76. The van der Waals surface area contributed by atoms with Gasteiger partial charge in [-0.1, -0.05) is 12.8 Å². The Morgan fingerprint density at radius 2 is 2.05 bits per heavy atom. The molecule has 0 amide bonds. The van der Waals surface area contributed by atoms with Crippen molar-refractivity contribution in [3.8, 4) is 0 Å². The van der Waals surface area contributed by atoms with Crippen LogP contribution >= 0.6 is 0 Å². The molecule has 1 heterocycles. The van der Waals surface area contributed by atoms with E-state index < -0.39 is 26.3 Å². The van der Waals surface area contributed by atoms with Crippen molar-refractivity contribution in [2.45, 2.75) is 68.0 Å². The summed E-state index contributed by atoms with van der Waals surface area (Å²) in [6.07, 6.45) is 4.79. The molecule has 1 aliphatic carbocycles. The van der Waals surface area contributed by atoms with Crippen LogP contribution in [0.3, 0.4) is 0 Å². The third-order valence-electron chi connectivity index (χ3n) is 4.45. The Labute approximate surface area is 114 Å². The molecule has 0 aromatic heterocycles. The first-order valence-electron chi connectivity index (χ1n) is 6.94. The van der Waals surface area contributed by atoms with E-state index in [1.807, 2.05) is 0 Å². The molecule has 0 bridgehead atoms. The molecule has 1 saturated carbocycles. The summed E-state index contributed by atoms with van der Waals surface area (Å²) in [5, 5.41) is 7.51. The van der Waals surface area contributed by atoms with Crippen LogP contribution < -0.4 is 0 Å². The molecule has 2 rings (SSSR count). The second-order valence-corrected chi connectivity index (χ2v) is 8.50. The molecule has 1 saturated heterocycles. The van der Waals surface area contributed by atoms with Crippen molar-refractivity contribution in [1.82, 2.24) is 0 Å². The molecule has 2 fully saturated rings. The normalized spacial score (nSPS) is 28.4. The largest absolute Gasteiger partial charge is 0.481 e. The number of carboxylic acids is 1. The Hall–Kier alpha value is -0.620. The minimum absolute atomic E-state index is 0.251. The van der Waals surface area contributed by atoms with Gasteiger partial charge >= 0.3 is 5.97 Å².